The van der Waals surface area contributed by atoms with Gasteiger partial charge in [0.1, 0.15) is 5.75 Å². The van der Waals surface area contributed by atoms with Gasteiger partial charge in [-0.1, -0.05) is 11.3 Å². The fraction of sp³-hybridized carbons (Fsp3) is 0.412. The molecule has 0 atom stereocenters. The standard InChI is InChI=1S/C17H18N2O4S/c20-15(19-8-5-17(6-9-19)21-10-11-22-17)13-1-3-14(4-2-13)23-16-18-7-12-24-16/h1-4,7,12H,5-6,8-11H2. The van der Waals surface area contributed by atoms with E-state index in [0.717, 1.165) is 12.8 Å². The van der Waals surface area contributed by atoms with Crippen LogP contribution in [0.15, 0.2) is 35.8 Å². The van der Waals surface area contributed by atoms with Gasteiger partial charge in [0.05, 0.1) is 13.2 Å². The van der Waals surface area contributed by atoms with Crippen molar-refractivity contribution in [1.29, 1.82) is 0 Å². The Morgan fingerprint density at radius 3 is 2.50 bits per heavy atom. The highest BCUT2D eigenvalue weighted by molar-refractivity contribution is 7.11. The SMILES string of the molecule is O=C(c1ccc(Oc2nccs2)cc1)N1CCC2(CC1)OCCO2. The van der Waals surface area contributed by atoms with Gasteiger partial charge in [0.15, 0.2) is 5.79 Å². The van der Waals surface area contributed by atoms with Crippen molar-refractivity contribution in [2.75, 3.05) is 26.3 Å². The van der Waals surface area contributed by atoms with Gasteiger partial charge in [-0.2, -0.15) is 0 Å². The summed E-state index contributed by atoms with van der Waals surface area (Å²) in [7, 11) is 0. The number of piperidine rings is 1. The van der Waals surface area contributed by atoms with E-state index in [-0.39, 0.29) is 5.91 Å². The molecule has 3 heterocycles. The molecule has 24 heavy (non-hydrogen) atoms. The number of likely N-dealkylation sites (tertiary alicyclic amines) is 1. The molecular formula is C17H18N2O4S. The molecule has 0 radical (unpaired) electrons. The van der Waals surface area contributed by atoms with Crippen LogP contribution in [0.5, 0.6) is 10.9 Å². The fourth-order valence-electron chi connectivity index (χ4n) is 3.05. The van der Waals surface area contributed by atoms with E-state index in [1.165, 1.54) is 11.3 Å². The van der Waals surface area contributed by atoms with Crippen molar-refractivity contribution in [3.05, 3.63) is 41.4 Å². The van der Waals surface area contributed by atoms with Gasteiger partial charge in [-0.15, -0.1) is 0 Å². The molecule has 1 aromatic heterocycles. The van der Waals surface area contributed by atoms with E-state index in [4.69, 9.17) is 14.2 Å². The summed E-state index contributed by atoms with van der Waals surface area (Å²) in [5.41, 5.74) is 0.658. The zero-order valence-corrected chi connectivity index (χ0v) is 14.0. The third kappa shape index (κ3) is 3.15. The molecule has 126 valence electrons. The molecule has 1 aromatic carbocycles. The molecule has 4 rings (SSSR count). The lowest BCUT2D eigenvalue weighted by atomic mass is 10.0. The van der Waals surface area contributed by atoms with Gasteiger partial charge in [-0.25, -0.2) is 4.98 Å². The lowest BCUT2D eigenvalue weighted by Gasteiger charge is -2.37. The van der Waals surface area contributed by atoms with Gasteiger partial charge < -0.3 is 19.1 Å². The number of hydrogen-bond donors (Lipinski definition) is 0. The van der Waals surface area contributed by atoms with Gasteiger partial charge in [-0.3, -0.25) is 4.79 Å². The number of aromatic nitrogens is 1. The molecule has 2 aromatic rings. The minimum Gasteiger partial charge on any atom is -0.431 e. The summed E-state index contributed by atoms with van der Waals surface area (Å²) in [4.78, 5) is 18.6. The molecule has 2 aliphatic rings. The Morgan fingerprint density at radius 1 is 1.17 bits per heavy atom. The number of benzene rings is 1. The normalized spacial score (nSPS) is 19.6. The van der Waals surface area contributed by atoms with E-state index in [1.54, 1.807) is 30.5 Å². The maximum atomic E-state index is 12.6. The van der Waals surface area contributed by atoms with E-state index in [2.05, 4.69) is 4.98 Å². The van der Waals surface area contributed by atoms with Gasteiger partial charge in [-0.05, 0) is 24.3 Å². The number of rotatable bonds is 3. The third-order valence-electron chi connectivity index (χ3n) is 4.34. The fourth-order valence-corrected chi connectivity index (χ4v) is 3.55. The zero-order chi connectivity index (χ0) is 16.4. The Bertz CT molecular complexity index is 686. The number of carbonyl (C=O) groups is 1. The molecule has 0 bridgehead atoms. The highest BCUT2D eigenvalue weighted by atomic mass is 32.1. The summed E-state index contributed by atoms with van der Waals surface area (Å²) in [5, 5.41) is 2.45. The predicted molar refractivity (Wildman–Crippen MR) is 88.4 cm³/mol. The molecule has 0 N–H and O–H groups in total. The monoisotopic (exact) mass is 346 g/mol. The van der Waals surface area contributed by atoms with E-state index >= 15 is 0 Å². The van der Waals surface area contributed by atoms with Gasteiger partial charge in [0.2, 0.25) is 0 Å². The summed E-state index contributed by atoms with van der Waals surface area (Å²) in [6.07, 6.45) is 3.15. The second-order valence-corrected chi connectivity index (χ2v) is 6.68. The maximum Gasteiger partial charge on any atom is 0.278 e. The van der Waals surface area contributed by atoms with Crippen molar-refractivity contribution in [2.45, 2.75) is 18.6 Å². The first-order chi connectivity index (χ1) is 11.7. The molecule has 6 nitrogen and oxygen atoms in total. The van der Waals surface area contributed by atoms with Crippen LogP contribution in [-0.4, -0.2) is 47.9 Å². The lowest BCUT2D eigenvalue weighted by molar-refractivity contribution is -0.181. The van der Waals surface area contributed by atoms with Crippen molar-refractivity contribution in [1.82, 2.24) is 9.88 Å². The first-order valence-corrected chi connectivity index (χ1v) is 8.87. The van der Waals surface area contributed by atoms with Crippen LogP contribution in [0.25, 0.3) is 0 Å². The maximum absolute atomic E-state index is 12.6. The number of amides is 1. The molecule has 0 aliphatic carbocycles. The topological polar surface area (TPSA) is 60.9 Å². The van der Waals surface area contributed by atoms with E-state index < -0.39 is 5.79 Å². The Labute approximate surface area is 144 Å². The first kappa shape index (κ1) is 15.6. The number of ether oxygens (including phenoxy) is 3. The summed E-state index contributed by atoms with van der Waals surface area (Å²) in [6, 6.07) is 7.17. The molecule has 1 spiro atoms. The second-order valence-electron chi connectivity index (χ2n) is 5.82. The van der Waals surface area contributed by atoms with E-state index in [1.807, 2.05) is 10.3 Å². The van der Waals surface area contributed by atoms with Crippen molar-refractivity contribution < 1.29 is 19.0 Å². The number of carbonyl (C=O) groups excluding carboxylic acids is 1. The van der Waals surface area contributed by atoms with Crippen LogP contribution >= 0.6 is 11.3 Å². The molecule has 1 amide bonds. The quantitative estimate of drug-likeness (QED) is 0.855. The minimum atomic E-state index is -0.456. The average molecular weight is 346 g/mol. The van der Waals surface area contributed by atoms with Gasteiger partial charge >= 0.3 is 0 Å². The van der Waals surface area contributed by atoms with Gasteiger partial charge in [0.25, 0.3) is 11.1 Å². The summed E-state index contributed by atoms with van der Waals surface area (Å²) in [5.74, 6) is 0.248. The molecule has 2 aliphatic heterocycles. The first-order valence-electron chi connectivity index (χ1n) is 7.99. The van der Waals surface area contributed by atoms with Crippen molar-refractivity contribution in [3.8, 4) is 10.9 Å². The molecule has 2 fully saturated rings. The van der Waals surface area contributed by atoms with E-state index in [0.29, 0.717) is 42.8 Å². The highest BCUT2D eigenvalue weighted by Crippen LogP contribution is 2.32. The van der Waals surface area contributed by atoms with Crippen molar-refractivity contribution >= 4 is 17.2 Å². The minimum absolute atomic E-state index is 0.0312. The molecule has 7 heteroatoms. The van der Waals surface area contributed by atoms with Crippen LogP contribution in [0.4, 0.5) is 0 Å². The molecule has 0 unspecified atom stereocenters. The van der Waals surface area contributed by atoms with Gasteiger partial charge in [0, 0.05) is 43.1 Å². The molecular weight excluding hydrogens is 328 g/mol. The smallest absolute Gasteiger partial charge is 0.278 e. The average Bonchev–Trinajstić information content (AvgIpc) is 3.28. The second kappa shape index (κ2) is 6.51. The Hall–Kier alpha value is -1.96. The van der Waals surface area contributed by atoms with E-state index in [9.17, 15) is 4.79 Å². The number of hydrogen-bond acceptors (Lipinski definition) is 6. The van der Waals surface area contributed by atoms with Crippen LogP contribution in [0.2, 0.25) is 0 Å². The molecule has 0 saturated carbocycles. The number of thiazole rings is 1. The highest BCUT2D eigenvalue weighted by Gasteiger charge is 2.40. The third-order valence-corrected chi connectivity index (χ3v) is 4.99. The summed E-state index contributed by atoms with van der Waals surface area (Å²) in [6.45, 7) is 2.59. The van der Waals surface area contributed by atoms with Crippen LogP contribution in [0.1, 0.15) is 23.2 Å². The van der Waals surface area contributed by atoms with Crippen LogP contribution in [0, 0.1) is 0 Å². The largest absolute Gasteiger partial charge is 0.431 e. The van der Waals surface area contributed by atoms with Crippen LogP contribution in [-0.2, 0) is 9.47 Å². The summed E-state index contributed by atoms with van der Waals surface area (Å²) < 4.78 is 17.0. The molecule has 2 saturated heterocycles. The van der Waals surface area contributed by atoms with Crippen LogP contribution in [0.3, 0.4) is 0 Å². The zero-order valence-electron chi connectivity index (χ0n) is 13.1. The Balaban J connectivity index is 1.38. The summed E-state index contributed by atoms with van der Waals surface area (Å²) >= 11 is 1.43. The Morgan fingerprint density at radius 2 is 1.88 bits per heavy atom. The van der Waals surface area contributed by atoms with Crippen molar-refractivity contribution in [3.63, 3.8) is 0 Å². The predicted octanol–water partition coefficient (Wildman–Crippen LogP) is 2.91. The van der Waals surface area contributed by atoms with Crippen LogP contribution < -0.4 is 4.74 Å². The lowest BCUT2D eigenvalue weighted by Crippen LogP contribution is -2.47. The van der Waals surface area contributed by atoms with Crippen molar-refractivity contribution in [2.24, 2.45) is 0 Å². The number of nitrogens with zero attached hydrogens (tertiary/aromatic N) is 2. The Kier molecular flexibility index (Phi) is 4.22.